The molecule has 0 aromatic carbocycles. The van der Waals surface area contributed by atoms with Gasteiger partial charge < -0.3 is 9.47 Å². The van der Waals surface area contributed by atoms with Gasteiger partial charge in [-0.2, -0.15) is 0 Å². The smallest absolute Gasteiger partial charge is 0.334 e. The summed E-state index contributed by atoms with van der Waals surface area (Å²) in [6.07, 6.45) is 4.01. The van der Waals surface area contributed by atoms with E-state index in [9.17, 15) is 9.59 Å². The summed E-state index contributed by atoms with van der Waals surface area (Å²) < 4.78 is 9.40. The third-order valence-corrected chi connectivity index (χ3v) is 2.61. The number of rotatable bonds is 7. The van der Waals surface area contributed by atoms with Crippen LogP contribution >= 0.6 is 0 Å². The predicted octanol–water partition coefficient (Wildman–Crippen LogP) is 2.62. The fraction of sp³-hybridized carbons (Fsp3) is 0.692. The number of hydrogen-bond acceptors (Lipinski definition) is 4. The molecule has 0 aromatic heterocycles. The minimum atomic E-state index is -0.440. The Morgan fingerprint density at radius 2 is 1.41 bits per heavy atom. The van der Waals surface area contributed by atoms with Crippen LogP contribution in [0.5, 0.6) is 0 Å². The summed E-state index contributed by atoms with van der Waals surface area (Å²) in [5.41, 5.74) is 0.880. The van der Waals surface area contributed by atoms with Gasteiger partial charge in [0.15, 0.2) is 0 Å². The first kappa shape index (κ1) is 15.7. The maximum atomic E-state index is 11.6. The summed E-state index contributed by atoms with van der Waals surface area (Å²) in [4.78, 5) is 23.2. The molecule has 0 aliphatic rings. The molecule has 0 N–H and O–H groups in total. The third kappa shape index (κ3) is 5.02. The maximum absolute atomic E-state index is 11.6. The molecular weight excluding hydrogens is 220 g/mol. The molecule has 0 aliphatic heterocycles. The summed E-state index contributed by atoms with van der Waals surface area (Å²) >= 11 is 0. The molecule has 0 unspecified atom stereocenters. The second-order valence-corrected chi connectivity index (χ2v) is 3.75. The summed E-state index contributed by atoms with van der Waals surface area (Å²) in [5.74, 6) is -0.868. The Morgan fingerprint density at radius 1 is 0.882 bits per heavy atom. The quantitative estimate of drug-likeness (QED) is 0.391. The van der Waals surface area contributed by atoms with Gasteiger partial charge in [-0.25, -0.2) is 9.59 Å². The second-order valence-electron chi connectivity index (χ2n) is 3.75. The van der Waals surface area contributed by atoms with Gasteiger partial charge in [0.05, 0.1) is 14.2 Å². The highest BCUT2D eigenvalue weighted by Crippen LogP contribution is 2.19. The lowest BCUT2D eigenvalue weighted by Crippen LogP contribution is -2.14. The van der Waals surface area contributed by atoms with E-state index in [1.165, 1.54) is 14.2 Å². The summed E-state index contributed by atoms with van der Waals surface area (Å²) in [6.45, 7) is 3.91. The molecule has 4 nitrogen and oxygen atoms in total. The highest BCUT2D eigenvalue weighted by molar-refractivity contribution is 6.00. The average Bonchev–Trinajstić information content (AvgIpc) is 2.36. The zero-order chi connectivity index (χ0) is 13.3. The van der Waals surface area contributed by atoms with E-state index in [-0.39, 0.29) is 0 Å². The molecule has 0 rings (SSSR count). The Labute approximate surface area is 103 Å². The first-order chi connectivity index (χ1) is 8.12. The minimum Gasteiger partial charge on any atom is -0.466 e. The van der Waals surface area contributed by atoms with E-state index in [0.29, 0.717) is 24.0 Å². The zero-order valence-electron chi connectivity index (χ0n) is 11.2. The molecule has 0 amide bonds. The summed E-state index contributed by atoms with van der Waals surface area (Å²) in [7, 11) is 2.64. The summed E-state index contributed by atoms with van der Waals surface area (Å²) in [5, 5.41) is 0. The van der Waals surface area contributed by atoms with Crippen LogP contribution in [0.1, 0.15) is 46.0 Å². The second kappa shape index (κ2) is 8.79. The Balaban J connectivity index is 5.01. The van der Waals surface area contributed by atoms with Crippen molar-refractivity contribution in [1.29, 1.82) is 0 Å². The molecule has 0 saturated heterocycles. The van der Waals surface area contributed by atoms with Crippen molar-refractivity contribution in [2.45, 2.75) is 46.0 Å². The monoisotopic (exact) mass is 242 g/mol. The molecular formula is C13H22O4. The molecule has 0 atom stereocenters. The van der Waals surface area contributed by atoms with Crippen LogP contribution in [-0.4, -0.2) is 26.2 Å². The van der Waals surface area contributed by atoms with Gasteiger partial charge in [0, 0.05) is 11.1 Å². The molecule has 17 heavy (non-hydrogen) atoms. The number of ether oxygens (including phenoxy) is 2. The van der Waals surface area contributed by atoms with E-state index >= 15 is 0 Å². The van der Waals surface area contributed by atoms with Crippen molar-refractivity contribution in [1.82, 2.24) is 0 Å². The number of unbranched alkanes of at least 4 members (excludes halogenated alkanes) is 2. The van der Waals surface area contributed by atoms with Crippen molar-refractivity contribution < 1.29 is 19.1 Å². The topological polar surface area (TPSA) is 52.6 Å². The van der Waals surface area contributed by atoms with Gasteiger partial charge in [0.25, 0.3) is 0 Å². The number of carbonyl (C=O) groups excluding carboxylic acids is 2. The van der Waals surface area contributed by atoms with Crippen molar-refractivity contribution in [3.8, 4) is 0 Å². The van der Waals surface area contributed by atoms with Crippen molar-refractivity contribution in [2.75, 3.05) is 14.2 Å². The molecule has 0 aliphatic carbocycles. The van der Waals surface area contributed by atoms with Crippen LogP contribution in [0.4, 0.5) is 0 Å². The fourth-order valence-corrected chi connectivity index (χ4v) is 1.66. The number of carbonyl (C=O) groups is 2. The largest absolute Gasteiger partial charge is 0.466 e. The predicted molar refractivity (Wildman–Crippen MR) is 65.5 cm³/mol. The van der Waals surface area contributed by atoms with E-state index in [4.69, 9.17) is 4.74 Å². The van der Waals surface area contributed by atoms with Crippen LogP contribution in [0.25, 0.3) is 0 Å². The SMILES string of the molecule is CCCCCC(C(=O)OC)=C(CC)C(=O)OC. The van der Waals surface area contributed by atoms with Crippen molar-refractivity contribution in [3.63, 3.8) is 0 Å². The van der Waals surface area contributed by atoms with Gasteiger partial charge in [-0.3, -0.25) is 0 Å². The number of methoxy groups -OCH3 is 2. The van der Waals surface area contributed by atoms with Crippen molar-refractivity contribution in [2.24, 2.45) is 0 Å². The van der Waals surface area contributed by atoms with E-state index in [2.05, 4.69) is 11.7 Å². The van der Waals surface area contributed by atoms with E-state index in [1.807, 2.05) is 6.92 Å². The molecule has 98 valence electrons. The maximum Gasteiger partial charge on any atom is 0.334 e. The lowest BCUT2D eigenvalue weighted by Gasteiger charge is -2.10. The van der Waals surface area contributed by atoms with Gasteiger partial charge in [-0.05, 0) is 19.3 Å². The van der Waals surface area contributed by atoms with Crippen molar-refractivity contribution >= 4 is 11.9 Å². The molecule has 4 heteroatoms. The Hall–Kier alpha value is -1.32. The normalized spacial score (nSPS) is 11.8. The zero-order valence-corrected chi connectivity index (χ0v) is 11.2. The van der Waals surface area contributed by atoms with Gasteiger partial charge in [0.2, 0.25) is 0 Å². The van der Waals surface area contributed by atoms with Crippen LogP contribution < -0.4 is 0 Å². The number of esters is 2. The fourth-order valence-electron chi connectivity index (χ4n) is 1.66. The molecule has 0 saturated carbocycles. The molecule has 0 spiro atoms. The minimum absolute atomic E-state index is 0.426. The van der Waals surface area contributed by atoms with Crippen LogP contribution in [-0.2, 0) is 19.1 Å². The standard InChI is InChI=1S/C13H22O4/c1-5-7-8-9-11(13(15)17-4)10(6-2)12(14)16-3/h5-9H2,1-4H3. The highest BCUT2D eigenvalue weighted by Gasteiger charge is 2.20. The average molecular weight is 242 g/mol. The Morgan fingerprint density at radius 3 is 1.82 bits per heavy atom. The van der Waals surface area contributed by atoms with Crippen LogP contribution in [0.3, 0.4) is 0 Å². The first-order valence-electron chi connectivity index (χ1n) is 6.00. The van der Waals surface area contributed by atoms with Crippen LogP contribution in [0.2, 0.25) is 0 Å². The van der Waals surface area contributed by atoms with Crippen LogP contribution in [0, 0.1) is 0 Å². The Bertz CT molecular complexity index is 292. The molecule has 0 aromatic rings. The first-order valence-corrected chi connectivity index (χ1v) is 6.00. The lowest BCUT2D eigenvalue weighted by molar-refractivity contribution is -0.139. The highest BCUT2D eigenvalue weighted by atomic mass is 16.5. The lowest BCUT2D eigenvalue weighted by atomic mass is 10.00. The van der Waals surface area contributed by atoms with Gasteiger partial charge in [-0.1, -0.05) is 26.7 Å². The molecule has 0 radical (unpaired) electrons. The van der Waals surface area contributed by atoms with E-state index < -0.39 is 11.9 Å². The summed E-state index contributed by atoms with van der Waals surface area (Å²) in [6, 6.07) is 0. The van der Waals surface area contributed by atoms with Gasteiger partial charge >= 0.3 is 11.9 Å². The van der Waals surface area contributed by atoms with Crippen LogP contribution in [0.15, 0.2) is 11.1 Å². The number of hydrogen-bond donors (Lipinski definition) is 0. The molecule has 0 fully saturated rings. The van der Waals surface area contributed by atoms with Crippen molar-refractivity contribution in [3.05, 3.63) is 11.1 Å². The van der Waals surface area contributed by atoms with Gasteiger partial charge in [0.1, 0.15) is 0 Å². The van der Waals surface area contributed by atoms with Gasteiger partial charge in [-0.15, -0.1) is 0 Å². The van der Waals surface area contributed by atoms with E-state index in [1.54, 1.807) is 0 Å². The Kier molecular flexibility index (Phi) is 8.11. The van der Waals surface area contributed by atoms with E-state index in [0.717, 1.165) is 19.3 Å². The molecule has 0 bridgehead atoms. The molecule has 0 heterocycles. The third-order valence-electron chi connectivity index (χ3n) is 2.61.